The van der Waals surface area contributed by atoms with Gasteiger partial charge in [0.25, 0.3) is 0 Å². The standard InChI is InChI=1S/C30H28N4O4S/c1-19-9-3-6-12-22(19)32-26(35)16-18-34-28(27(33-30(34)39)23-13-7-8-17-31-23)25-15-14-24(38-25)20-10-4-5-11-21(20)29(36)37-2/h3-15,17,27-28H,16,18H2,1-2H3,(H,32,35)(H,33,39)/t27-,28+/m0/s1. The second-order valence-corrected chi connectivity index (χ2v) is 9.56. The first kappa shape index (κ1) is 26.1. The number of furan rings is 1. The molecule has 8 nitrogen and oxygen atoms in total. The summed E-state index contributed by atoms with van der Waals surface area (Å²) in [6.45, 7) is 2.32. The van der Waals surface area contributed by atoms with E-state index >= 15 is 0 Å². The van der Waals surface area contributed by atoms with Crippen LogP contribution in [0.4, 0.5) is 5.69 Å². The molecule has 0 spiro atoms. The quantitative estimate of drug-likeness (QED) is 0.225. The van der Waals surface area contributed by atoms with E-state index in [1.165, 1.54) is 7.11 Å². The number of anilines is 1. The molecular formula is C30H28N4O4S. The van der Waals surface area contributed by atoms with Crippen molar-refractivity contribution in [1.29, 1.82) is 0 Å². The zero-order valence-electron chi connectivity index (χ0n) is 21.6. The minimum atomic E-state index is -0.445. The third-order valence-electron chi connectivity index (χ3n) is 6.71. The summed E-state index contributed by atoms with van der Waals surface area (Å²) in [6.07, 6.45) is 1.95. The lowest BCUT2D eigenvalue weighted by atomic mass is 10.0. The summed E-state index contributed by atoms with van der Waals surface area (Å²) >= 11 is 5.72. The summed E-state index contributed by atoms with van der Waals surface area (Å²) in [6, 6.07) is 23.5. The number of ether oxygens (including phenoxy) is 1. The number of nitrogens with zero attached hydrogens (tertiary/aromatic N) is 2. The molecule has 2 atom stereocenters. The van der Waals surface area contributed by atoms with E-state index < -0.39 is 5.97 Å². The van der Waals surface area contributed by atoms with Crippen LogP contribution in [0.15, 0.2) is 89.5 Å². The molecule has 4 aromatic rings. The number of aryl methyl sites for hydroxylation is 1. The predicted octanol–water partition coefficient (Wildman–Crippen LogP) is 5.44. The first-order valence-corrected chi connectivity index (χ1v) is 13.0. The summed E-state index contributed by atoms with van der Waals surface area (Å²) in [7, 11) is 1.35. The average Bonchev–Trinajstić information content (AvgIpc) is 3.57. The van der Waals surface area contributed by atoms with E-state index in [-0.39, 0.29) is 24.4 Å². The summed E-state index contributed by atoms with van der Waals surface area (Å²) in [5.41, 5.74) is 3.61. The van der Waals surface area contributed by atoms with Crippen molar-refractivity contribution in [1.82, 2.24) is 15.2 Å². The molecular weight excluding hydrogens is 512 g/mol. The van der Waals surface area contributed by atoms with Gasteiger partial charge in [0.15, 0.2) is 5.11 Å². The number of benzene rings is 2. The van der Waals surface area contributed by atoms with Crippen molar-refractivity contribution in [3.8, 4) is 11.3 Å². The molecule has 1 aliphatic heterocycles. The highest BCUT2D eigenvalue weighted by atomic mass is 32.1. The van der Waals surface area contributed by atoms with Crippen molar-refractivity contribution in [2.75, 3.05) is 19.0 Å². The topological polar surface area (TPSA) is 96.7 Å². The van der Waals surface area contributed by atoms with Crippen molar-refractivity contribution >= 4 is 34.9 Å². The molecule has 0 radical (unpaired) electrons. The number of pyridine rings is 1. The Bertz CT molecular complexity index is 1500. The van der Waals surface area contributed by atoms with Crippen molar-refractivity contribution < 1.29 is 18.7 Å². The fourth-order valence-electron chi connectivity index (χ4n) is 4.75. The largest absolute Gasteiger partial charge is 0.465 e. The zero-order valence-corrected chi connectivity index (χ0v) is 22.4. The van der Waals surface area contributed by atoms with Crippen LogP contribution in [0.2, 0.25) is 0 Å². The van der Waals surface area contributed by atoms with Gasteiger partial charge in [-0.05, 0) is 61.1 Å². The van der Waals surface area contributed by atoms with Crippen LogP contribution in [0.3, 0.4) is 0 Å². The first-order chi connectivity index (χ1) is 19.0. The monoisotopic (exact) mass is 540 g/mol. The number of methoxy groups -OCH3 is 1. The predicted molar refractivity (Wildman–Crippen MR) is 152 cm³/mol. The fraction of sp³-hybridized carbons (Fsp3) is 0.200. The normalized spacial score (nSPS) is 16.6. The number of aromatic nitrogens is 1. The van der Waals surface area contributed by atoms with Gasteiger partial charge in [-0.25, -0.2) is 4.79 Å². The van der Waals surface area contributed by atoms with Crippen LogP contribution in [0.1, 0.15) is 45.9 Å². The number of carbonyl (C=O) groups excluding carboxylic acids is 2. The summed E-state index contributed by atoms with van der Waals surface area (Å²) in [5, 5.41) is 6.86. The Kier molecular flexibility index (Phi) is 7.69. The number of esters is 1. The first-order valence-electron chi connectivity index (χ1n) is 12.6. The van der Waals surface area contributed by atoms with E-state index in [0.717, 1.165) is 16.9 Å². The van der Waals surface area contributed by atoms with E-state index in [2.05, 4.69) is 15.6 Å². The smallest absolute Gasteiger partial charge is 0.338 e. The molecule has 2 aromatic carbocycles. The van der Waals surface area contributed by atoms with Crippen LogP contribution >= 0.6 is 12.2 Å². The van der Waals surface area contributed by atoms with Crippen LogP contribution in [0, 0.1) is 6.92 Å². The Morgan fingerprint density at radius 2 is 1.82 bits per heavy atom. The van der Waals surface area contributed by atoms with E-state index in [9.17, 15) is 9.59 Å². The molecule has 198 valence electrons. The Morgan fingerprint density at radius 3 is 2.59 bits per heavy atom. The molecule has 39 heavy (non-hydrogen) atoms. The Morgan fingerprint density at radius 1 is 1.05 bits per heavy atom. The second-order valence-electron chi connectivity index (χ2n) is 9.17. The molecule has 1 fully saturated rings. The second kappa shape index (κ2) is 11.5. The van der Waals surface area contributed by atoms with Crippen molar-refractivity contribution in [3.05, 3.63) is 108 Å². The fourth-order valence-corrected chi connectivity index (χ4v) is 5.08. The van der Waals surface area contributed by atoms with Gasteiger partial charge < -0.3 is 24.7 Å². The highest BCUT2D eigenvalue weighted by molar-refractivity contribution is 7.80. The van der Waals surface area contributed by atoms with Crippen molar-refractivity contribution in [2.45, 2.75) is 25.4 Å². The van der Waals surface area contributed by atoms with Gasteiger partial charge in [-0.15, -0.1) is 0 Å². The third kappa shape index (κ3) is 5.53. The molecule has 3 heterocycles. The molecule has 1 saturated heterocycles. The minimum Gasteiger partial charge on any atom is -0.465 e. The van der Waals surface area contributed by atoms with Crippen LogP contribution in [-0.2, 0) is 9.53 Å². The highest BCUT2D eigenvalue weighted by Crippen LogP contribution is 2.41. The number of rotatable bonds is 8. The van der Waals surface area contributed by atoms with Crippen LogP contribution in [0.25, 0.3) is 11.3 Å². The molecule has 2 N–H and O–H groups in total. The summed E-state index contributed by atoms with van der Waals surface area (Å²) in [5.74, 6) is 0.604. The van der Waals surface area contributed by atoms with Gasteiger partial charge in [0.2, 0.25) is 5.91 Å². The molecule has 1 amide bonds. The molecule has 0 saturated carbocycles. The Hall–Kier alpha value is -4.50. The van der Waals surface area contributed by atoms with Gasteiger partial charge in [-0.2, -0.15) is 0 Å². The SMILES string of the molecule is COC(=O)c1ccccc1-c1ccc([C@@H]2[C@H](c3ccccn3)NC(=S)N2CCC(=O)Nc2ccccc2C)o1. The van der Waals surface area contributed by atoms with Gasteiger partial charge in [0, 0.05) is 30.4 Å². The van der Waals surface area contributed by atoms with E-state index in [1.807, 2.05) is 78.6 Å². The number of nitrogens with one attached hydrogen (secondary N) is 2. The van der Waals surface area contributed by atoms with Crippen molar-refractivity contribution in [2.24, 2.45) is 0 Å². The maximum atomic E-state index is 12.9. The van der Waals surface area contributed by atoms with Crippen LogP contribution in [-0.4, -0.2) is 40.5 Å². The number of carbonyl (C=O) groups is 2. The summed E-state index contributed by atoms with van der Waals surface area (Å²) < 4.78 is 11.3. The van der Waals surface area contributed by atoms with Gasteiger partial charge in [0.1, 0.15) is 17.6 Å². The zero-order chi connectivity index (χ0) is 27.4. The van der Waals surface area contributed by atoms with Gasteiger partial charge >= 0.3 is 5.97 Å². The number of hydrogen-bond acceptors (Lipinski definition) is 6. The van der Waals surface area contributed by atoms with Gasteiger partial charge in [-0.1, -0.05) is 42.5 Å². The highest BCUT2D eigenvalue weighted by Gasteiger charge is 2.41. The third-order valence-corrected chi connectivity index (χ3v) is 7.07. The Balaban J connectivity index is 1.43. The van der Waals surface area contributed by atoms with Gasteiger partial charge in [0.05, 0.1) is 24.4 Å². The number of para-hydroxylation sites is 1. The molecule has 0 unspecified atom stereocenters. The lowest BCUT2D eigenvalue weighted by Gasteiger charge is -2.26. The number of thiocarbonyl (C=S) groups is 1. The molecule has 1 aliphatic rings. The summed E-state index contributed by atoms with van der Waals surface area (Å²) in [4.78, 5) is 31.7. The maximum absolute atomic E-state index is 12.9. The lowest BCUT2D eigenvalue weighted by molar-refractivity contribution is -0.116. The van der Waals surface area contributed by atoms with Crippen LogP contribution in [0.5, 0.6) is 0 Å². The number of amides is 1. The molecule has 5 rings (SSSR count). The van der Waals surface area contributed by atoms with E-state index in [1.54, 1.807) is 18.3 Å². The minimum absolute atomic E-state index is 0.112. The number of hydrogen-bond donors (Lipinski definition) is 2. The van der Waals surface area contributed by atoms with Crippen LogP contribution < -0.4 is 10.6 Å². The van der Waals surface area contributed by atoms with E-state index in [0.29, 0.717) is 34.3 Å². The maximum Gasteiger partial charge on any atom is 0.338 e. The molecule has 0 aliphatic carbocycles. The lowest BCUT2D eigenvalue weighted by Crippen LogP contribution is -2.32. The Labute approximate surface area is 232 Å². The van der Waals surface area contributed by atoms with Crippen molar-refractivity contribution in [3.63, 3.8) is 0 Å². The molecule has 2 aromatic heterocycles. The molecule has 9 heteroatoms. The molecule has 0 bridgehead atoms. The van der Waals surface area contributed by atoms with E-state index in [4.69, 9.17) is 21.4 Å². The average molecular weight is 541 g/mol. The van der Waals surface area contributed by atoms with Gasteiger partial charge in [-0.3, -0.25) is 9.78 Å².